The van der Waals surface area contributed by atoms with Gasteiger partial charge in [-0.15, -0.1) is 0 Å². The second-order valence-corrected chi connectivity index (χ2v) is 6.36. The summed E-state index contributed by atoms with van der Waals surface area (Å²) in [6.45, 7) is 1.83. The van der Waals surface area contributed by atoms with Crippen molar-refractivity contribution in [2.75, 3.05) is 0 Å². The van der Waals surface area contributed by atoms with E-state index in [4.69, 9.17) is 0 Å². The van der Waals surface area contributed by atoms with Gasteiger partial charge in [-0.05, 0) is 53.9 Å². The zero-order valence-corrected chi connectivity index (χ0v) is 16.8. The van der Waals surface area contributed by atoms with Crippen LogP contribution in [0, 0.1) is 6.92 Å². The first kappa shape index (κ1) is 20.9. The third-order valence-electron chi connectivity index (χ3n) is 3.59. The molecule has 4 nitrogen and oxygen atoms in total. The fourth-order valence-corrected chi connectivity index (χ4v) is 2.78. The van der Waals surface area contributed by atoms with E-state index in [9.17, 15) is 21.9 Å². The van der Waals surface area contributed by atoms with Crippen LogP contribution in [0.5, 0.6) is 0 Å². The molecule has 0 aliphatic carbocycles. The summed E-state index contributed by atoms with van der Waals surface area (Å²) in [5, 5.41) is 3.70. The molecule has 130 valence electrons. The molecule has 26 heavy (non-hydrogen) atoms. The van der Waals surface area contributed by atoms with Gasteiger partial charge in [-0.2, -0.15) is 18.3 Å². The van der Waals surface area contributed by atoms with Gasteiger partial charge >= 0.3 is 35.7 Å². The van der Waals surface area contributed by atoms with Gasteiger partial charge in [0, 0.05) is 10.5 Å². The summed E-state index contributed by atoms with van der Waals surface area (Å²) in [5.74, 6) is 0. The predicted molar refractivity (Wildman–Crippen MR) is 85.9 cm³/mol. The van der Waals surface area contributed by atoms with Crippen molar-refractivity contribution >= 4 is 11.1 Å². The predicted octanol–water partition coefficient (Wildman–Crippen LogP) is 1.11. The number of benzene rings is 2. The Kier molecular flexibility index (Phi) is 6.46. The maximum atomic E-state index is 13.1. The van der Waals surface area contributed by atoms with Crippen LogP contribution in [0.2, 0.25) is 0 Å². The van der Waals surface area contributed by atoms with Gasteiger partial charge in [0.2, 0.25) is 0 Å². The van der Waals surface area contributed by atoms with Crippen LogP contribution in [0.15, 0.2) is 59.5 Å². The molecule has 0 bridgehead atoms. The van der Waals surface area contributed by atoms with Crippen molar-refractivity contribution < 1.29 is 51.5 Å². The Labute approximate surface area is 172 Å². The quantitative estimate of drug-likeness (QED) is 0.499. The maximum absolute atomic E-state index is 13.1. The van der Waals surface area contributed by atoms with E-state index < -0.39 is 23.0 Å². The molecule has 0 saturated carbocycles. The van der Waals surface area contributed by atoms with E-state index in [0.717, 1.165) is 11.6 Å². The van der Waals surface area contributed by atoms with Crippen LogP contribution in [-0.4, -0.2) is 18.5 Å². The third-order valence-corrected chi connectivity index (χ3v) is 4.25. The molecule has 3 aromatic rings. The minimum absolute atomic E-state index is 0. The molecular formula is C17H12F3N2NaO2S. The van der Waals surface area contributed by atoms with Crippen LogP contribution in [0.4, 0.5) is 13.2 Å². The van der Waals surface area contributed by atoms with Gasteiger partial charge < -0.3 is 4.55 Å². The summed E-state index contributed by atoms with van der Waals surface area (Å²) in [5.41, 5.74) is 1.01. The van der Waals surface area contributed by atoms with E-state index in [2.05, 4.69) is 5.10 Å². The molecular weight excluding hydrogens is 376 g/mol. The van der Waals surface area contributed by atoms with Crippen molar-refractivity contribution in [1.29, 1.82) is 0 Å². The summed E-state index contributed by atoms with van der Waals surface area (Å²) in [6.07, 6.45) is -4.58. The van der Waals surface area contributed by atoms with Gasteiger partial charge in [-0.1, -0.05) is 24.3 Å². The average molecular weight is 388 g/mol. The number of aromatic nitrogens is 2. The minimum atomic E-state index is -4.58. The van der Waals surface area contributed by atoms with E-state index in [-0.39, 0.29) is 40.1 Å². The Morgan fingerprint density at radius 1 is 1.08 bits per heavy atom. The number of hydrogen-bond donors (Lipinski definition) is 0. The number of rotatable bonds is 3. The van der Waals surface area contributed by atoms with Crippen LogP contribution >= 0.6 is 0 Å². The number of nitrogens with zero attached hydrogens (tertiary/aromatic N) is 2. The fourth-order valence-electron chi connectivity index (χ4n) is 2.42. The van der Waals surface area contributed by atoms with Crippen LogP contribution in [0.3, 0.4) is 0 Å². The second-order valence-electron chi connectivity index (χ2n) is 5.42. The Balaban J connectivity index is 0.00000243. The molecule has 3 rings (SSSR count). The Hall–Kier alpha value is -1.45. The molecule has 1 atom stereocenters. The molecule has 0 saturated heterocycles. The summed E-state index contributed by atoms with van der Waals surface area (Å²) in [7, 11) is 0. The average Bonchev–Trinajstić information content (AvgIpc) is 3.00. The summed E-state index contributed by atoms with van der Waals surface area (Å²) in [4.78, 5) is 0.0569. The molecule has 1 unspecified atom stereocenters. The second kappa shape index (κ2) is 8.06. The molecule has 0 N–H and O–H groups in total. The molecule has 0 amide bonds. The molecule has 9 heteroatoms. The first-order valence-electron chi connectivity index (χ1n) is 7.20. The number of alkyl halides is 3. The molecule has 1 heterocycles. The summed E-state index contributed by atoms with van der Waals surface area (Å²) in [6, 6.07) is 13.5. The van der Waals surface area contributed by atoms with Gasteiger partial charge in [-0.3, -0.25) is 4.21 Å². The van der Waals surface area contributed by atoms with Gasteiger partial charge in [0.05, 0.1) is 11.4 Å². The van der Waals surface area contributed by atoms with Crippen molar-refractivity contribution in [2.24, 2.45) is 0 Å². The van der Waals surface area contributed by atoms with Crippen molar-refractivity contribution in [3.05, 3.63) is 65.9 Å². The number of halogens is 3. The normalized spacial score (nSPS) is 12.5. The van der Waals surface area contributed by atoms with Crippen molar-refractivity contribution in [2.45, 2.75) is 18.0 Å². The zero-order valence-electron chi connectivity index (χ0n) is 13.9. The van der Waals surface area contributed by atoms with Crippen molar-refractivity contribution in [3.63, 3.8) is 0 Å². The van der Waals surface area contributed by atoms with E-state index in [1.165, 1.54) is 28.9 Å². The Morgan fingerprint density at radius 2 is 1.73 bits per heavy atom. The van der Waals surface area contributed by atoms with E-state index in [1.54, 1.807) is 18.2 Å². The standard InChI is InChI=1S/C17H13F3N2O2S.Na/c1-11-3-2-4-13(9-11)22-15(10-16(21-22)17(18,19)20)12-5-7-14(8-6-12)25(23)24;/h2-10H,1H3,(H,23,24);/q;+1/p-1. The third kappa shape index (κ3) is 4.44. The molecule has 0 spiro atoms. The maximum Gasteiger partial charge on any atom is 1.00 e. The number of hydrogen-bond acceptors (Lipinski definition) is 3. The SMILES string of the molecule is Cc1cccc(-n2nc(C(F)(F)F)cc2-c2ccc(S(=O)[O-])cc2)c1.[Na+]. The van der Waals surface area contributed by atoms with E-state index >= 15 is 0 Å². The molecule has 2 aromatic carbocycles. The van der Waals surface area contributed by atoms with Crippen LogP contribution < -0.4 is 29.6 Å². The fraction of sp³-hybridized carbons (Fsp3) is 0.118. The van der Waals surface area contributed by atoms with Crippen LogP contribution in [0.1, 0.15) is 11.3 Å². The first-order valence-corrected chi connectivity index (χ1v) is 8.27. The molecule has 0 fully saturated rings. The zero-order chi connectivity index (χ0) is 18.2. The van der Waals surface area contributed by atoms with Crippen molar-refractivity contribution in [1.82, 2.24) is 9.78 Å². The minimum Gasteiger partial charge on any atom is -0.768 e. The Bertz CT molecular complexity index is 940. The molecule has 0 aliphatic rings. The molecule has 0 radical (unpaired) electrons. The summed E-state index contributed by atoms with van der Waals surface area (Å²) < 4.78 is 62.4. The van der Waals surface area contributed by atoms with Gasteiger partial charge in [-0.25, -0.2) is 4.68 Å². The van der Waals surface area contributed by atoms with E-state index in [0.29, 0.717) is 11.3 Å². The topological polar surface area (TPSA) is 58.0 Å². The smallest absolute Gasteiger partial charge is 0.768 e. The first-order chi connectivity index (χ1) is 11.8. The van der Waals surface area contributed by atoms with Gasteiger partial charge in [0.1, 0.15) is 0 Å². The van der Waals surface area contributed by atoms with Crippen molar-refractivity contribution in [3.8, 4) is 16.9 Å². The van der Waals surface area contributed by atoms with Crippen LogP contribution in [0.25, 0.3) is 16.9 Å². The Morgan fingerprint density at radius 3 is 2.27 bits per heavy atom. The summed E-state index contributed by atoms with van der Waals surface area (Å²) >= 11 is -2.40. The monoisotopic (exact) mass is 388 g/mol. The number of aryl methyl sites for hydroxylation is 1. The van der Waals surface area contributed by atoms with Crippen LogP contribution in [-0.2, 0) is 17.3 Å². The largest absolute Gasteiger partial charge is 1.00 e. The molecule has 0 aliphatic heterocycles. The van der Waals surface area contributed by atoms with Gasteiger partial charge in [0.25, 0.3) is 0 Å². The van der Waals surface area contributed by atoms with Gasteiger partial charge in [0.15, 0.2) is 5.69 Å². The van der Waals surface area contributed by atoms with E-state index in [1.807, 2.05) is 13.0 Å². The molecule has 1 aromatic heterocycles.